The standard InChI is InChI=1S/C22H28N2O/c25-22(24-13-5-6-14-24)21(23-20-9-3-4-10-20)16-17-11-12-18-7-1-2-8-19(18)15-17/h1-2,7-8,11-12,15,20-21,23H,3-6,9-10,13-14,16H2/t21-/m0/s1. The summed E-state index contributed by atoms with van der Waals surface area (Å²) >= 11 is 0. The lowest BCUT2D eigenvalue weighted by Gasteiger charge is -2.27. The lowest BCUT2D eigenvalue weighted by molar-refractivity contribution is -0.132. The molecule has 1 saturated heterocycles. The average molecular weight is 336 g/mol. The van der Waals surface area contributed by atoms with Gasteiger partial charge in [0.2, 0.25) is 5.91 Å². The molecule has 1 aliphatic carbocycles. The van der Waals surface area contributed by atoms with Crippen LogP contribution in [0.4, 0.5) is 0 Å². The molecule has 4 rings (SSSR count). The number of carbonyl (C=O) groups excluding carboxylic acids is 1. The molecule has 1 aliphatic heterocycles. The molecule has 1 amide bonds. The fourth-order valence-electron chi connectivity index (χ4n) is 4.35. The molecule has 132 valence electrons. The van der Waals surface area contributed by atoms with Gasteiger partial charge < -0.3 is 10.2 Å². The Morgan fingerprint density at radius 3 is 2.48 bits per heavy atom. The van der Waals surface area contributed by atoms with Gasteiger partial charge >= 0.3 is 0 Å². The van der Waals surface area contributed by atoms with Gasteiger partial charge in [-0.05, 0) is 48.4 Å². The first-order chi connectivity index (χ1) is 12.3. The van der Waals surface area contributed by atoms with Crippen molar-refractivity contribution in [1.29, 1.82) is 0 Å². The van der Waals surface area contributed by atoms with Crippen LogP contribution in [0, 0.1) is 0 Å². The highest BCUT2D eigenvalue weighted by molar-refractivity contribution is 5.84. The largest absolute Gasteiger partial charge is 0.341 e. The van der Waals surface area contributed by atoms with Crippen molar-refractivity contribution in [2.75, 3.05) is 13.1 Å². The van der Waals surface area contributed by atoms with Crippen LogP contribution in [-0.4, -0.2) is 36.0 Å². The zero-order valence-electron chi connectivity index (χ0n) is 14.9. The van der Waals surface area contributed by atoms with Gasteiger partial charge in [0.25, 0.3) is 0 Å². The number of rotatable bonds is 5. The van der Waals surface area contributed by atoms with Gasteiger partial charge in [-0.25, -0.2) is 0 Å². The fourth-order valence-corrected chi connectivity index (χ4v) is 4.35. The maximum absolute atomic E-state index is 13.1. The van der Waals surface area contributed by atoms with Gasteiger partial charge in [0.05, 0.1) is 6.04 Å². The summed E-state index contributed by atoms with van der Waals surface area (Å²) in [6.45, 7) is 1.86. The van der Waals surface area contributed by atoms with Crippen molar-refractivity contribution in [1.82, 2.24) is 10.2 Å². The number of nitrogens with zero attached hydrogens (tertiary/aromatic N) is 1. The highest BCUT2D eigenvalue weighted by Gasteiger charge is 2.29. The molecule has 1 saturated carbocycles. The van der Waals surface area contributed by atoms with E-state index in [9.17, 15) is 4.79 Å². The minimum atomic E-state index is -0.0811. The second-order valence-electron chi connectivity index (χ2n) is 7.62. The van der Waals surface area contributed by atoms with E-state index in [2.05, 4.69) is 52.7 Å². The van der Waals surface area contributed by atoms with E-state index in [1.54, 1.807) is 0 Å². The van der Waals surface area contributed by atoms with Gasteiger partial charge in [-0.1, -0.05) is 55.3 Å². The van der Waals surface area contributed by atoms with Gasteiger partial charge in [0.15, 0.2) is 0 Å². The van der Waals surface area contributed by atoms with E-state index < -0.39 is 0 Å². The van der Waals surface area contributed by atoms with E-state index in [0.29, 0.717) is 11.9 Å². The van der Waals surface area contributed by atoms with Crippen molar-refractivity contribution >= 4 is 16.7 Å². The highest BCUT2D eigenvalue weighted by atomic mass is 16.2. The van der Waals surface area contributed by atoms with Crippen LogP contribution in [0.2, 0.25) is 0 Å². The fraction of sp³-hybridized carbons (Fsp3) is 0.500. The molecule has 0 bridgehead atoms. The van der Waals surface area contributed by atoms with Gasteiger partial charge in [-0.2, -0.15) is 0 Å². The van der Waals surface area contributed by atoms with Crippen LogP contribution in [0.5, 0.6) is 0 Å². The first-order valence-corrected chi connectivity index (χ1v) is 9.82. The van der Waals surface area contributed by atoms with Gasteiger partial charge in [0.1, 0.15) is 0 Å². The Bertz CT molecular complexity index is 730. The molecule has 2 aromatic carbocycles. The zero-order chi connectivity index (χ0) is 17.1. The Morgan fingerprint density at radius 1 is 1.00 bits per heavy atom. The van der Waals surface area contributed by atoms with Crippen LogP contribution in [-0.2, 0) is 11.2 Å². The first kappa shape index (κ1) is 16.6. The summed E-state index contributed by atoms with van der Waals surface area (Å²) in [4.78, 5) is 15.1. The third kappa shape index (κ3) is 3.87. The predicted octanol–water partition coefficient (Wildman–Crippen LogP) is 3.91. The van der Waals surface area contributed by atoms with Crippen molar-refractivity contribution in [2.24, 2.45) is 0 Å². The number of hydrogen-bond donors (Lipinski definition) is 1. The Kier molecular flexibility index (Phi) is 5.02. The Morgan fingerprint density at radius 2 is 1.72 bits per heavy atom. The Hall–Kier alpha value is -1.87. The van der Waals surface area contributed by atoms with Crippen LogP contribution in [0.25, 0.3) is 10.8 Å². The third-order valence-electron chi connectivity index (χ3n) is 5.76. The van der Waals surface area contributed by atoms with Crippen molar-refractivity contribution < 1.29 is 4.79 Å². The molecule has 2 fully saturated rings. The molecule has 25 heavy (non-hydrogen) atoms. The van der Waals surface area contributed by atoms with Crippen LogP contribution in [0.15, 0.2) is 42.5 Å². The smallest absolute Gasteiger partial charge is 0.240 e. The van der Waals surface area contributed by atoms with E-state index in [1.807, 2.05) is 0 Å². The highest BCUT2D eigenvalue weighted by Crippen LogP contribution is 2.22. The van der Waals surface area contributed by atoms with Crippen LogP contribution in [0.3, 0.4) is 0 Å². The van der Waals surface area contributed by atoms with Crippen LogP contribution < -0.4 is 5.32 Å². The first-order valence-electron chi connectivity index (χ1n) is 9.82. The van der Waals surface area contributed by atoms with Crippen LogP contribution in [0.1, 0.15) is 44.1 Å². The number of carbonyl (C=O) groups is 1. The topological polar surface area (TPSA) is 32.3 Å². The second kappa shape index (κ2) is 7.57. The van der Waals surface area contributed by atoms with Gasteiger partial charge in [-0.15, -0.1) is 0 Å². The Balaban J connectivity index is 1.53. The van der Waals surface area contributed by atoms with E-state index in [0.717, 1.165) is 32.4 Å². The Labute approximate surface area is 150 Å². The van der Waals surface area contributed by atoms with Crippen molar-refractivity contribution in [3.8, 4) is 0 Å². The second-order valence-corrected chi connectivity index (χ2v) is 7.62. The molecule has 1 atom stereocenters. The van der Waals surface area contributed by atoms with E-state index in [1.165, 1.54) is 42.0 Å². The normalized spacial score (nSPS) is 19.6. The molecule has 3 heteroatoms. The maximum Gasteiger partial charge on any atom is 0.240 e. The molecule has 0 radical (unpaired) electrons. The molecule has 0 spiro atoms. The molecule has 2 aliphatic rings. The predicted molar refractivity (Wildman–Crippen MR) is 103 cm³/mol. The zero-order valence-corrected chi connectivity index (χ0v) is 14.9. The number of hydrogen-bond acceptors (Lipinski definition) is 2. The molecule has 0 aromatic heterocycles. The van der Waals surface area contributed by atoms with E-state index in [4.69, 9.17) is 0 Å². The lowest BCUT2D eigenvalue weighted by Crippen LogP contribution is -2.49. The van der Waals surface area contributed by atoms with E-state index in [-0.39, 0.29) is 6.04 Å². The van der Waals surface area contributed by atoms with Crippen LogP contribution >= 0.6 is 0 Å². The average Bonchev–Trinajstić information content (AvgIpc) is 3.34. The molecule has 1 N–H and O–H groups in total. The third-order valence-corrected chi connectivity index (χ3v) is 5.76. The van der Waals surface area contributed by atoms with Crippen molar-refractivity contribution in [3.63, 3.8) is 0 Å². The lowest BCUT2D eigenvalue weighted by atomic mass is 10.00. The molecular weight excluding hydrogens is 308 g/mol. The molecule has 1 heterocycles. The molecular formula is C22H28N2O. The minimum absolute atomic E-state index is 0.0811. The molecule has 2 aromatic rings. The van der Waals surface area contributed by atoms with Crippen molar-refractivity contribution in [2.45, 2.75) is 57.0 Å². The SMILES string of the molecule is O=C([C@H](Cc1ccc2ccccc2c1)NC1CCCC1)N1CCCC1. The summed E-state index contributed by atoms with van der Waals surface area (Å²) in [6, 6.07) is 15.5. The monoisotopic (exact) mass is 336 g/mol. The minimum Gasteiger partial charge on any atom is -0.341 e. The number of benzene rings is 2. The summed E-state index contributed by atoms with van der Waals surface area (Å²) in [5.41, 5.74) is 1.25. The van der Waals surface area contributed by atoms with Gasteiger partial charge in [0, 0.05) is 19.1 Å². The summed E-state index contributed by atoms with van der Waals surface area (Å²) in [6.07, 6.45) is 8.09. The summed E-state index contributed by atoms with van der Waals surface area (Å²) in [7, 11) is 0. The van der Waals surface area contributed by atoms with E-state index >= 15 is 0 Å². The molecule has 3 nitrogen and oxygen atoms in total. The number of likely N-dealkylation sites (tertiary alicyclic amines) is 1. The molecule has 0 unspecified atom stereocenters. The number of amides is 1. The quantitative estimate of drug-likeness (QED) is 0.898. The van der Waals surface area contributed by atoms with Crippen molar-refractivity contribution in [3.05, 3.63) is 48.0 Å². The number of nitrogens with one attached hydrogen (secondary N) is 1. The maximum atomic E-state index is 13.1. The summed E-state index contributed by atoms with van der Waals surface area (Å²) in [5.74, 6) is 0.303. The number of fused-ring (bicyclic) bond motifs is 1. The summed E-state index contributed by atoms with van der Waals surface area (Å²) < 4.78 is 0. The summed E-state index contributed by atoms with van der Waals surface area (Å²) in [5, 5.41) is 6.22. The van der Waals surface area contributed by atoms with Gasteiger partial charge in [-0.3, -0.25) is 4.79 Å².